The molecule has 0 fully saturated rings. The summed E-state index contributed by atoms with van der Waals surface area (Å²) in [7, 11) is 0. The van der Waals surface area contributed by atoms with Gasteiger partial charge in [-0.3, -0.25) is 5.43 Å². The first-order valence-electron chi connectivity index (χ1n) is 5.05. The summed E-state index contributed by atoms with van der Waals surface area (Å²) in [4.78, 5) is 0. The van der Waals surface area contributed by atoms with Crippen LogP contribution < -0.4 is 5.43 Å². The Morgan fingerprint density at radius 2 is 2.06 bits per heavy atom. The highest BCUT2D eigenvalue weighted by molar-refractivity contribution is 5.97. The van der Waals surface area contributed by atoms with Crippen molar-refractivity contribution in [2.75, 3.05) is 5.43 Å². The molecular weight excluding hydrogens is 202 g/mol. The van der Waals surface area contributed by atoms with Crippen molar-refractivity contribution in [1.29, 1.82) is 0 Å². The monoisotopic (exact) mass is 215 g/mol. The number of para-hydroxylation sites is 1. The normalized spacial score (nSPS) is 11.5. The molecule has 0 aliphatic rings. The zero-order chi connectivity index (χ0) is 11.4. The molecule has 1 aromatic carbocycles. The Labute approximate surface area is 94.0 Å². The number of nitrogens with zero attached hydrogens (tertiary/aromatic N) is 2. The highest BCUT2D eigenvalue weighted by Crippen LogP contribution is 2.07. The number of hydrazone groups is 1. The molecule has 4 heteroatoms. The fraction of sp³-hybridized carbons (Fsp3) is 0.167. The first-order valence-corrected chi connectivity index (χ1v) is 5.05. The molecule has 0 unspecified atom stereocenters. The van der Waals surface area contributed by atoms with E-state index < -0.39 is 0 Å². The molecule has 0 bridgehead atoms. The minimum atomic E-state index is 0.751. The van der Waals surface area contributed by atoms with Crippen LogP contribution in [0.25, 0.3) is 0 Å². The molecule has 82 valence electrons. The third kappa shape index (κ3) is 2.48. The second-order valence-electron chi connectivity index (χ2n) is 3.50. The Balaban J connectivity index is 2.08. The van der Waals surface area contributed by atoms with Crippen LogP contribution in [0.1, 0.15) is 18.4 Å². The number of aromatic nitrogens is 1. The topological polar surface area (TPSA) is 50.4 Å². The zero-order valence-corrected chi connectivity index (χ0v) is 9.27. The van der Waals surface area contributed by atoms with E-state index in [2.05, 4.69) is 15.7 Å². The van der Waals surface area contributed by atoms with Crippen LogP contribution in [0.15, 0.2) is 46.0 Å². The minimum Gasteiger partial charge on any atom is -0.361 e. The van der Waals surface area contributed by atoms with Crippen molar-refractivity contribution in [3.8, 4) is 0 Å². The third-order valence-electron chi connectivity index (χ3n) is 2.13. The average Bonchev–Trinajstić information content (AvgIpc) is 2.74. The smallest absolute Gasteiger partial charge is 0.134 e. The van der Waals surface area contributed by atoms with E-state index in [1.54, 1.807) is 0 Å². The van der Waals surface area contributed by atoms with Gasteiger partial charge in [-0.25, -0.2) is 0 Å². The molecule has 0 saturated heterocycles. The maximum Gasteiger partial charge on any atom is 0.134 e. The maximum atomic E-state index is 4.98. The summed E-state index contributed by atoms with van der Waals surface area (Å²) in [6.45, 7) is 3.74. The molecule has 0 radical (unpaired) electrons. The van der Waals surface area contributed by atoms with E-state index in [4.69, 9.17) is 4.52 Å². The van der Waals surface area contributed by atoms with Gasteiger partial charge in [0, 0.05) is 6.07 Å². The van der Waals surface area contributed by atoms with Crippen LogP contribution in [0, 0.1) is 6.92 Å². The number of hydrogen-bond donors (Lipinski definition) is 1. The van der Waals surface area contributed by atoms with Crippen molar-refractivity contribution in [3.63, 3.8) is 0 Å². The number of benzene rings is 1. The van der Waals surface area contributed by atoms with E-state index in [9.17, 15) is 0 Å². The summed E-state index contributed by atoms with van der Waals surface area (Å²) >= 11 is 0. The first-order chi connectivity index (χ1) is 7.75. The molecule has 1 N–H and O–H groups in total. The standard InChI is InChI=1S/C12H13N3O/c1-9-8-12(15-16-9)10(2)13-14-11-6-4-3-5-7-11/h3-8,14H,1-2H3/b13-10-. The average molecular weight is 215 g/mol. The SMILES string of the molecule is C/C(=N/Nc1ccccc1)c1cc(C)on1. The highest BCUT2D eigenvalue weighted by atomic mass is 16.5. The Bertz CT molecular complexity index is 488. The second-order valence-corrected chi connectivity index (χ2v) is 3.50. The van der Waals surface area contributed by atoms with Gasteiger partial charge in [-0.1, -0.05) is 23.4 Å². The van der Waals surface area contributed by atoms with Crippen molar-refractivity contribution < 1.29 is 4.52 Å². The molecule has 0 saturated carbocycles. The van der Waals surface area contributed by atoms with Crippen molar-refractivity contribution >= 4 is 11.4 Å². The van der Waals surface area contributed by atoms with Gasteiger partial charge in [0.25, 0.3) is 0 Å². The van der Waals surface area contributed by atoms with Gasteiger partial charge >= 0.3 is 0 Å². The fourth-order valence-electron chi connectivity index (χ4n) is 1.26. The van der Waals surface area contributed by atoms with E-state index in [1.165, 1.54) is 0 Å². The van der Waals surface area contributed by atoms with Gasteiger partial charge in [-0.15, -0.1) is 0 Å². The molecule has 16 heavy (non-hydrogen) atoms. The molecule has 1 aromatic heterocycles. The molecule has 1 heterocycles. The molecule has 2 aromatic rings. The maximum absolute atomic E-state index is 4.98. The lowest BCUT2D eigenvalue weighted by atomic mass is 10.3. The molecule has 0 atom stereocenters. The van der Waals surface area contributed by atoms with Crippen LogP contribution in [0.5, 0.6) is 0 Å². The van der Waals surface area contributed by atoms with Crippen LogP contribution in [0.3, 0.4) is 0 Å². The number of anilines is 1. The van der Waals surface area contributed by atoms with Gasteiger partial charge in [0.05, 0.1) is 11.4 Å². The Morgan fingerprint density at radius 3 is 2.69 bits per heavy atom. The van der Waals surface area contributed by atoms with E-state index in [0.717, 1.165) is 22.9 Å². The van der Waals surface area contributed by atoms with Crippen LogP contribution >= 0.6 is 0 Å². The van der Waals surface area contributed by atoms with E-state index >= 15 is 0 Å². The quantitative estimate of drug-likeness (QED) is 0.632. The van der Waals surface area contributed by atoms with Gasteiger partial charge in [-0.05, 0) is 26.0 Å². The summed E-state index contributed by atoms with van der Waals surface area (Å²) in [6, 6.07) is 11.6. The molecule has 0 spiro atoms. The lowest BCUT2D eigenvalue weighted by Crippen LogP contribution is -1.99. The van der Waals surface area contributed by atoms with Crippen LogP contribution in [-0.2, 0) is 0 Å². The Hall–Kier alpha value is -2.10. The predicted octanol–water partition coefficient (Wildman–Crippen LogP) is 2.82. The van der Waals surface area contributed by atoms with Crippen molar-refractivity contribution in [2.45, 2.75) is 13.8 Å². The van der Waals surface area contributed by atoms with Gasteiger partial charge in [0.15, 0.2) is 0 Å². The number of nitrogens with one attached hydrogen (secondary N) is 1. The van der Waals surface area contributed by atoms with Crippen LogP contribution in [-0.4, -0.2) is 10.9 Å². The summed E-state index contributed by atoms with van der Waals surface area (Å²) in [5, 5.41) is 8.10. The lowest BCUT2D eigenvalue weighted by Gasteiger charge is -2.00. The molecule has 0 amide bonds. The molecule has 0 aliphatic carbocycles. The van der Waals surface area contributed by atoms with Gasteiger partial charge in [0.2, 0.25) is 0 Å². The van der Waals surface area contributed by atoms with Gasteiger partial charge < -0.3 is 4.52 Å². The zero-order valence-electron chi connectivity index (χ0n) is 9.27. The summed E-state index contributed by atoms with van der Waals surface area (Å²) in [5.74, 6) is 0.782. The van der Waals surface area contributed by atoms with Crippen molar-refractivity contribution in [2.24, 2.45) is 5.10 Å². The number of rotatable bonds is 3. The summed E-state index contributed by atoms with van der Waals surface area (Å²) in [6.07, 6.45) is 0. The van der Waals surface area contributed by atoms with Crippen LogP contribution in [0.2, 0.25) is 0 Å². The molecule has 4 nitrogen and oxygen atoms in total. The second kappa shape index (κ2) is 4.61. The Kier molecular flexibility index (Phi) is 3.00. The molecule has 0 aliphatic heterocycles. The molecule has 2 rings (SSSR count). The summed E-state index contributed by atoms with van der Waals surface area (Å²) in [5.41, 5.74) is 5.45. The predicted molar refractivity (Wildman–Crippen MR) is 63.5 cm³/mol. The Morgan fingerprint density at radius 1 is 1.31 bits per heavy atom. The van der Waals surface area contributed by atoms with Crippen LogP contribution in [0.4, 0.5) is 5.69 Å². The van der Waals surface area contributed by atoms with E-state index in [1.807, 2.05) is 50.2 Å². The molecular formula is C12H13N3O. The van der Waals surface area contributed by atoms with Gasteiger partial charge in [-0.2, -0.15) is 5.10 Å². The lowest BCUT2D eigenvalue weighted by molar-refractivity contribution is 0.396. The third-order valence-corrected chi connectivity index (χ3v) is 2.13. The fourth-order valence-corrected chi connectivity index (χ4v) is 1.26. The van der Waals surface area contributed by atoms with Gasteiger partial charge in [0.1, 0.15) is 11.5 Å². The highest BCUT2D eigenvalue weighted by Gasteiger charge is 2.03. The van der Waals surface area contributed by atoms with E-state index in [0.29, 0.717) is 0 Å². The largest absolute Gasteiger partial charge is 0.361 e. The van der Waals surface area contributed by atoms with Crippen molar-refractivity contribution in [1.82, 2.24) is 5.16 Å². The first kappa shape index (κ1) is 10.4. The number of hydrogen-bond acceptors (Lipinski definition) is 4. The number of aryl methyl sites for hydroxylation is 1. The van der Waals surface area contributed by atoms with Crippen molar-refractivity contribution in [3.05, 3.63) is 47.9 Å². The van der Waals surface area contributed by atoms with E-state index in [-0.39, 0.29) is 0 Å². The minimum absolute atomic E-state index is 0.751. The summed E-state index contributed by atoms with van der Waals surface area (Å²) < 4.78 is 4.98.